The van der Waals surface area contributed by atoms with Gasteiger partial charge in [0.1, 0.15) is 0 Å². The third-order valence-corrected chi connectivity index (χ3v) is 4.08. The van der Waals surface area contributed by atoms with Crippen molar-refractivity contribution in [3.8, 4) is 0 Å². The quantitative estimate of drug-likeness (QED) is 0.670. The minimum absolute atomic E-state index is 0.230. The molecular weight excluding hydrogens is 202 g/mol. The Hall–Kier alpha value is -1.24. The lowest BCUT2D eigenvalue weighted by Crippen LogP contribution is -2.51. The van der Waals surface area contributed by atoms with E-state index in [-0.39, 0.29) is 6.03 Å². The lowest BCUT2D eigenvalue weighted by molar-refractivity contribution is 0.152. The summed E-state index contributed by atoms with van der Waals surface area (Å²) in [6, 6.07) is -0.230. The fraction of sp³-hybridized carbons (Fsp3) is 0.714. The highest BCUT2D eigenvalue weighted by molar-refractivity contribution is 6.75. The molecule has 3 amide bonds. The van der Waals surface area contributed by atoms with E-state index in [4.69, 9.17) is 5.11 Å². The van der Waals surface area contributed by atoms with Crippen molar-refractivity contribution in [1.82, 2.24) is 15.0 Å². The van der Waals surface area contributed by atoms with Crippen molar-refractivity contribution < 1.29 is 14.7 Å². The van der Waals surface area contributed by atoms with Crippen LogP contribution in [0, 0.1) is 0 Å². The Balaban J connectivity index is 2.65. The summed E-state index contributed by atoms with van der Waals surface area (Å²) in [6.07, 6.45) is -1.20. The van der Waals surface area contributed by atoms with E-state index in [2.05, 4.69) is 25.1 Å². The zero-order valence-corrected chi connectivity index (χ0v) is 9.57. The van der Waals surface area contributed by atoms with Gasteiger partial charge in [0.25, 0.3) is 0 Å². The molecule has 0 radical (unpaired) electrons. The first-order chi connectivity index (χ1) is 6.32. The molecule has 14 heavy (non-hydrogen) atoms. The number of rotatable bonds is 2. The average Bonchev–Trinajstić information content (AvgIpc) is 2.30. The van der Waals surface area contributed by atoms with E-state index in [1.165, 1.54) is 0 Å². The molecule has 1 heterocycles. The molecular formula is C7H15N3O3Si. The molecule has 0 aromatic heterocycles. The van der Waals surface area contributed by atoms with Crippen LogP contribution in [0.5, 0.6) is 0 Å². The van der Waals surface area contributed by atoms with E-state index >= 15 is 0 Å². The zero-order valence-electron chi connectivity index (χ0n) is 8.57. The van der Waals surface area contributed by atoms with Gasteiger partial charge in [-0.05, 0) is 0 Å². The van der Waals surface area contributed by atoms with Gasteiger partial charge in [-0.1, -0.05) is 19.6 Å². The number of nitrogens with one attached hydrogen (secondary N) is 1. The van der Waals surface area contributed by atoms with Gasteiger partial charge in [-0.3, -0.25) is 0 Å². The Morgan fingerprint density at radius 3 is 2.36 bits per heavy atom. The molecule has 0 aromatic rings. The maximum absolute atomic E-state index is 11.6. The van der Waals surface area contributed by atoms with Gasteiger partial charge in [-0.25, -0.2) is 20.0 Å². The van der Waals surface area contributed by atoms with Crippen LogP contribution < -0.4 is 5.43 Å². The van der Waals surface area contributed by atoms with Gasteiger partial charge in [-0.15, -0.1) is 0 Å². The van der Waals surface area contributed by atoms with Crippen LogP contribution in [0.25, 0.3) is 0 Å². The normalized spacial score (nSPS) is 17.5. The summed E-state index contributed by atoms with van der Waals surface area (Å²) >= 11 is 0. The third kappa shape index (κ3) is 2.16. The predicted molar refractivity (Wildman–Crippen MR) is 53.3 cm³/mol. The van der Waals surface area contributed by atoms with Crippen LogP contribution in [-0.4, -0.2) is 48.1 Å². The van der Waals surface area contributed by atoms with E-state index in [1.807, 2.05) is 0 Å². The molecule has 1 aliphatic rings. The Kier molecular flexibility index (Phi) is 2.70. The molecule has 0 saturated carbocycles. The summed E-state index contributed by atoms with van der Waals surface area (Å²) < 4.78 is 1.77. The Morgan fingerprint density at radius 1 is 1.43 bits per heavy atom. The van der Waals surface area contributed by atoms with Crippen LogP contribution in [0.15, 0.2) is 0 Å². The molecule has 7 heteroatoms. The molecule has 1 rings (SSSR count). The highest BCUT2D eigenvalue weighted by Gasteiger charge is 2.37. The number of carbonyl (C=O) groups excluding carboxylic acids is 1. The molecule has 0 bridgehead atoms. The van der Waals surface area contributed by atoms with Crippen molar-refractivity contribution in [3.63, 3.8) is 0 Å². The van der Waals surface area contributed by atoms with Crippen LogP contribution >= 0.6 is 0 Å². The van der Waals surface area contributed by atoms with Crippen molar-refractivity contribution in [2.24, 2.45) is 0 Å². The van der Waals surface area contributed by atoms with E-state index in [0.29, 0.717) is 13.1 Å². The molecule has 0 atom stereocenters. The van der Waals surface area contributed by atoms with E-state index < -0.39 is 14.3 Å². The molecule has 80 valence electrons. The van der Waals surface area contributed by atoms with Gasteiger partial charge >= 0.3 is 12.1 Å². The Morgan fingerprint density at radius 2 is 2.00 bits per heavy atom. The van der Waals surface area contributed by atoms with Crippen molar-refractivity contribution in [2.75, 3.05) is 13.1 Å². The van der Waals surface area contributed by atoms with E-state index in [1.54, 1.807) is 4.57 Å². The molecule has 0 aliphatic carbocycles. The topological polar surface area (TPSA) is 72.9 Å². The molecule has 0 aromatic carbocycles. The second-order valence-corrected chi connectivity index (χ2v) is 9.06. The van der Waals surface area contributed by atoms with Crippen molar-refractivity contribution in [2.45, 2.75) is 19.6 Å². The monoisotopic (exact) mass is 217 g/mol. The SMILES string of the molecule is C[Si](C)(C)N1CCN(NC(=O)O)C1=O. The van der Waals surface area contributed by atoms with Crippen molar-refractivity contribution in [3.05, 3.63) is 0 Å². The first kappa shape index (κ1) is 10.8. The summed E-state index contributed by atoms with van der Waals surface area (Å²) in [5.74, 6) is 0. The summed E-state index contributed by atoms with van der Waals surface area (Å²) in [7, 11) is -1.67. The van der Waals surface area contributed by atoms with Crippen LogP contribution in [0.4, 0.5) is 9.59 Å². The molecule has 0 spiro atoms. The van der Waals surface area contributed by atoms with E-state index in [0.717, 1.165) is 5.01 Å². The predicted octanol–water partition coefficient (Wildman–Crippen LogP) is 0.742. The summed E-state index contributed by atoms with van der Waals surface area (Å²) in [4.78, 5) is 22.0. The van der Waals surface area contributed by atoms with Gasteiger partial charge in [0.05, 0.1) is 6.54 Å². The second kappa shape index (κ2) is 3.49. The first-order valence-electron chi connectivity index (χ1n) is 4.41. The zero-order chi connectivity index (χ0) is 10.9. The van der Waals surface area contributed by atoms with Crippen LogP contribution in [0.1, 0.15) is 0 Å². The molecule has 2 N–H and O–H groups in total. The standard InChI is InChI=1S/C7H15N3O3Si/c1-14(2,3)10-5-4-9(7(10)13)8-6(11)12/h8H,4-5H2,1-3H3,(H,11,12). The van der Waals surface area contributed by atoms with Gasteiger partial charge in [-0.2, -0.15) is 0 Å². The number of carbonyl (C=O) groups is 2. The largest absolute Gasteiger partial charge is 0.464 e. The van der Waals surface area contributed by atoms with Crippen LogP contribution in [0.2, 0.25) is 19.6 Å². The third-order valence-electron chi connectivity index (χ3n) is 2.05. The fourth-order valence-corrected chi connectivity index (χ4v) is 2.84. The number of hydrazine groups is 1. The highest BCUT2D eigenvalue weighted by atomic mass is 28.3. The first-order valence-corrected chi connectivity index (χ1v) is 7.86. The molecule has 6 nitrogen and oxygen atoms in total. The van der Waals surface area contributed by atoms with Crippen LogP contribution in [-0.2, 0) is 0 Å². The van der Waals surface area contributed by atoms with E-state index in [9.17, 15) is 9.59 Å². The lowest BCUT2D eigenvalue weighted by Gasteiger charge is -2.29. The number of carboxylic acid groups (broad SMARTS) is 1. The number of nitrogens with zero attached hydrogens (tertiary/aromatic N) is 2. The number of amides is 3. The van der Waals surface area contributed by atoms with Gasteiger partial charge in [0.15, 0.2) is 8.24 Å². The summed E-state index contributed by atoms with van der Waals surface area (Å²) in [5, 5.41) is 9.61. The summed E-state index contributed by atoms with van der Waals surface area (Å²) in [6.45, 7) is 7.18. The lowest BCUT2D eigenvalue weighted by atomic mass is 10.7. The average molecular weight is 217 g/mol. The smallest absolute Gasteiger partial charge is 0.423 e. The molecule has 1 fully saturated rings. The maximum atomic E-state index is 11.6. The molecule has 1 aliphatic heterocycles. The van der Waals surface area contributed by atoms with Crippen LogP contribution in [0.3, 0.4) is 0 Å². The second-order valence-electron chi connectivity index (χ2n) is 4.17. The number of hydrogen-bond acceptors (Lipinski definition) is 2. The minimum Gasteiger partial charge on any atom is -0.464 e. The molecule has 0 unspecified atom stereocenters. The van der Waals surface area contributed by atoms with Crippen molar-refractivity contribution >= 4 is 20.4 Å². The highest BCUT2D eigenvalue weighted by Crippen LogP contribution is 2.16. The Bertz CT molecular complexity index is 263. The molecule has 1 saturated heterocycles. The number of hydrogen-bond donors (Lipinski definition) is 2. The van der Waals surface area contributed by atoms with Gasteiger partial charge < -0.3 is 9.67 Å². The minimum atomic E-state index is -1.67. The Labute approximate surface area is 83.5 Å². The fourth-order valence-electron chi connectivity index (χ4n) is 1.38. The van der Waals surface area contributed by atoms with Crippen molar-refractivity contribution in [1.29, 1.82) is 0 Å². The maximum Gasteiger partial charge on any atom is 0.423 e. The summed E-state index contributed by atoms with van der Waals surface area (Å²) in [5.41, 5.74) is 2.07. The number of urea groups is 1. The van der Waals surface area contributed by atoms with Gasteiger partial charge in [0, 0.05) is 6.54 Å². The van der Waals surface area contributed by atoms with Gasteiger partial charge in [0.2, 0.25) is 0 Å².